The molecule has 33 heteroatoms. The molecule has 0 saturated heterocycles. The molecule has 5 aliphatic rings. The molecule has 5 fully saturated rings. The molecule has 12 aromatic rings. The first-order valence-corrected chi connectivity index (χ1v) is 44.4. The summed E-state index contributed by atoms with van der Waals surface area (Å²) in [5.41, 5.74) is 5.15. The molecule has 17 rings (SSSR count). The van der Waals surface area contributed by atoms with Gasteiger partial charge in [0.15, 0.2) is 138 Å². The van der Waals surface area contributed by atoms with Crippen LogP contribution in [0.15, 0.2) is 218 Å². The number of hydrogen-bond acceptors (Lipinski definition) is 33. The largest absolute Gasteiger partial charge is 0.504 e. The molecule has 2 bridgehead atoms. The average Bonchev–Trinajstić information content (AvgIpc) is 1.52. The zero-order chi connectivity index (χ0) is 98.7. The molecule has 0 aliphatic heterocycles. The van der Waals surface area contributed by atoms with Gasteiger partial charge in [-0.2, -0.15) is 0 Å². The monoisotopic (exact) mass is 1890 g/mol. The summed E-state index contributed by atoms with van der Waals surface area (Å²) < 4.78 is 38.4. The Morgan fingerprint density at radius 2 is 0.584 bits per heavy atom. The van der Waals surface area contributed by atoms with Crippen LogP contribution in [-0.2, 0) is 6.54 Å². The highest BCUT2D eigenvalue weighted by atomic mass is 16.5. The number of nitrogens with one attached hydrogen (secondary N) is 1. The van der Waals surface area contributed by atoms with Gasteiger partial charge in [-0.15, -0.1) is 0 Å². The Morgan fingerprint density at radius 3 is 0.934 bits per heavy atom. The van der Waals surface area contributed by atoms with Gasteiger partial charge in [-0.25, -0.2) is 0 Å². The van der Waals surface area contributed by atoms with Crippen LogP contribution in [0.25, 0.3) is 0 Å². The lowest BCUT2D eigenvalue weighted by Crippen LogP contribution is -2.31. The van der Waals surface area contributed by atoms with Crippen molar-refractivity contribution < 1.29 is 161 Å². The lowest BCUT2D eigenvalue weighted by atomic mass is 9.63. The van der Waals surface area contributed by atoms with Crippen molar-refractivity contribution in [2.45, 2.75) is 134 Å². The van der Waals surface area contributed by atoms with Gasteiger partial charge in [0.2, 0.25) is 0 Å². The van der Waals surface area contributed by atoms with Crippen LogP contribution < -0.4 is 38.5 Å². The Morgan fingerprint density at radius 1 is 0.299 bits per heavy atom. The maximum absolute atomic E-state index is 10.1. The van der Waals surface area contributed by atoms with Crippen LogP contribution in [0, 0.1) is 28.6 Å². The number of fused-ring (bicyclic) bond motifs is 3. The van der Waals surface area contributed by atoms with E-state index in [1.165, 1.54) is 115 Å². The molecule has 137 heavy (non-hydrogen) atoms. The molecule has 0 radical (unpaired) electrons. The van der Waals surface area contributed by atoms with Crippen LogP contribution >= 0.6 is 0 Å². The minimum absolute atomic E-state index is 0.0119. The Balaban J connectivity index is 0.000000148. The van der Waals surface area contributed by atoms with Gasteiger partial charge in [0.05, 0.1) is 13.2 Å². The second-order valence-electron chi connectivity index (χ2n) is 35.1. The minimum Gasteiger partial charge on any atom is -0.504 e. The fourth-order valence-electron chi connectivity index (χ4n) is 18.3. The van der Waals surface area contributed by atoms with Gasteiger partial charge in [0, 0.05) is 62.0 Å². The predicted molar refractivity (Wildman–Crippen MR) is 501 cm³/mol. The highest BCUT2D eigenvalue weighted by molar-refractivity contribution is 5.53. The van der Waals surface area contributed by atoms with Gasteiger partial charge in [0.1, 0.15) is 78.4 Å². The third-order valence-corrected chi connectivity index (χ3v) is 25.8. The van der Waals surface area contributed by atoms with E-state index in [-0.39, 0.29) is 199 Å². The number of ether oxygens (including phenoxy) is 7. The standard InChI is InChI=1S/C22H26O4.C20H22O4.C17H18O6.C16H19NO6.C15H16O6.C14H14O6/c1-21(2)14-8-9-22(21,3)20(13-5-7-16(24)18(26)11-13)19(14)12-4-6-15(23)17(25)10-12;21-17-3-1-11(9-19(17)23)13-5-15-7-14(8-16(15)6-13)12-2-4-18(22)20(24)10-12;18-12-6-4-10(8-14(12)20)22-16-2-1-3-17(16)23-11-5-7-13(19)15(21)9-11;18-11(9-23-12-2-4-14(20)16(22)6-12)8-17-7-10-1-3-13(19)15(21)5-10;16-12-4-2-10(8-14(12)18)20-6-1-7-21-11-3-5-13(17)15(19)9-11;15-11-3-1-9(7-13(11)17)19-5-6-20-10-2-4-12(16)14(18)8-10/h4-7,10-11,14,19-20,23-26H,8-9H2,1-3H3;1-4,9-10,13-16,21-24H,5-8H2;4-9,16-21H,1-3H2;1-6,11,17-22H,7-9H2;2-5,8-9,16-19H,1,6-7H2;1-4,7-8,15-18H,5-6H2. The number of benzene rings is 12. The van der Waals surface area contributed by atoms with Crippen LogP contribution in [0.4, 0.5) is 0 Å². The first-order valence-electron chi connectivity index (χ1n) is 44.4. The molecular weight excluding hydrogens is 1780 g/mol. The van der Waals surface area contributed by atoms with E-state index in [0.717, 1.165) is 85.6 Å². The van der Waals surface area contributed by atoms with E-state index in [1.807, 2.05) is 24.3 Å². The quantitative estimate of drug-likeness (QED) is 0.0177. The fourth-order valence-corrected chi connectivity index (χ4v) is 18.3. The maximum Gasteiger partial charge on any atom is 0.161 e. The molecule has 0 aromatic heterocycles. The third kappa shape index (κ3) is 25.9. The summed E-state index contributed by atoms with van der Waals surface area (Å²) in [5.74, 6) is 1.74. The smallest absolute Gasteiger partial charge is 0.161 e. The van der Waals surface area contributed by atoms with Crippen LogP contribution in [0.3, 0.4) is 0 Å². The number of aliphatic hydroxyl groups is 1. The highest BCUT2D eigenvalue weighted by Gasteiger charge is 2.66. The number of hydrogen-bond donors (Lipinski definition) is 26. The predicted octanol–water partition coefficient (Wildman–Crippen LogP) is 17.3. The van der Waals surface area contributed by atoms with Crippen LogP contribution in [0.5, 0.6) is 178 Å². The van der Waals surface area contributed by atoms with Crippen LogP contribution in [0.2, 0.25) is 0 Å². The molecule has 7 atom stereocenters. The van der Waals surface area contributed by atoms with E-state index in [2.05, 4.69) is 26.1 Å². The van der Waals surface area contributed by atoms with E-state index < -0.39 is 6.10 Å². The zero-order valence-electron chi connectivity index (χ0n) is 75.1. The Labute approximate surface area is 788 Å². The summed E-state index contributed by atoms with van der Waals surface area (Å²) in [6, 6.07) is 54.4. The van der Waals surface area contributed by atoms with Crippen LogP contribution in [-0.4, -0.2) is 186 Å². The topological polar surface area (TPSA) is 582 Å². The number of phenolic OH excluding ortho intramolecular Hbond substituents is 24. The molecule has 5 saturated carbocycles. The molecular formula is C104H115NO32. The van der Waals surface area contributed by atoms with Gasteiger partial charge < -0.3 is 166 Å². The lowest BCUT2D eigenvalue weighted by Gasteiger charge is -2.41. The minimum atomic E-state index is -0.781. The van der Waals surface area contributed by atoms with E-state index in [9.17, 15) is 107 Å². The van der Waals surface area contributed by atoms with Gasteiger partial charge in [-0.05, 0) is 283 Å². The van der Waals surface area contributed by atoms with Gasteiger partial charge in [0.25, 0.3) is 0 Å². The summed E-state index contributed by atoms with van der Waals surface area (Å²) in [6.07, 6.45) is 8.60. The number of rotatable bonds is 26. The Bertz CT molecular complexity index is 5850. The number of phenols is 24. The first kappa shape index (κ1) is 100. The average molecular weight is 1890 g/mol. The molecule has 26 N–H and O–H groups in total. The Hall–Kier alpha value is -15.6. The normalized spacial score (nSPS) is 19.6. The molecule has 0 amide bonds. The van der Waals surface area contributed by atoms with E-state index in [4.69, 9.17) is 53.6 Å². The molecule has 7 unspecified atom stereocenters. The summed E-state index contributed by atoms with van der Waals surface area (Å²) in [7, 11) is 0. The lowest BCUT2D eigenvalue weighted by molar-refractivity contribution is 0.0775. The van der Waals surface area contributed by atoms with Crippen molar-refractivity contribution >= 4 is 0 Å². The first-order chi connectivity index (χ1) is 65.3. The van der Waals surface area contributed by atoms with E-state index in [0.29, 0.717) is 96.0 Å². The van der Waals surface area contributed by atoms with Crippen molar-refractivity contribution in [3.63, 3.8) is 0 Å². The summed E-state index contributed by atoms with van der Waals surface area (Å²) in [6.45, 7) is 8.80. The zero-order valence-corrected chi connectivity index (χ0v) is 75.1. The second-order valence-corrected chi connectivity index (χ2v) is 35.1. The van der Waals surface area contributed by atoms with Crippen molar-refractivity contribution in [1.82, 2.24) is 5.32 Å². The molecule has 0 heterocycles. The van der Waals surface area contributed by atoms with Gasteiger partial charge in [-0.3, -0.25) is 0 Å². The molecule has 728 valence electrons. The molecule has 5 aliphatic carbocycles. The molecule has 33 nitrogen and oxygen atoms in total. The second kappa shape index (κ2) is 44.9. The summed E-state index contributed by atoms with van der Waals surface area (Å²) in [5, 5.41) is 239. The fraction of sp³-hybridized carbons (Fsp3) is 0.308. The van der Waals surface area contributed by atoms with Crippen molar-refractivity contribution in [3.8, 4) is 178 Å². The maximum atomic E-state index is 10.1. The van der Waals surface area contributed by atoms with Crippen molar-refractivity contribution in [2.75, 3.05) is 39.6 Å². The van der Waals surface area contributed by atoms with E-state index in [1.54, 1.807) is 78.9 Å². The number of aliphatic hydroxyl groups excluding tert-OH is 1. The molecule has 0 spiro atoms. The van der Waals surface area contributed by atoms with Gasteiger partial charge in [-0.1, -0.05) is 51.1 Å². The molecule has 12 aromatic carbocycles. The van der Waals surface area contributed by atoms with E-state index >= 15 is 0 Å². The Kier molecular flexibility index (Phi) is 32.9. The summed E-state index contributed by atoms with van der Waals surface area (Å²) >= 11 is 0. The van der Waals surface area contributed by atoms with Crippen molar-refractivity contribution in [3.05, 3.63) is 246 Å². The summed E-state index contributed by atoms with van der Waals surface area (Å²) in [4.78, 5) is 0. The van der Waals surface area contributed by atoms with Crippen molar-refractivity contribution in [1.29, 1.82) is 0 Å². The number of aromatic hydroxyl groups is 24. The highest BCUT2D eigenvalue weighted by Crippen LogP contribution is 2.76. The third-order valence-electron chi connectivity index (χ3n) is 25.8. The van der Waals surface area contributed by atoms with Crippen molar-refractivity contribution in [2.24, 2.45) is 28.6 Å². The van der Waals surface area contributed by atoms with Crippen LogP contribution in [0.1, 0.15) is 136 Å². The van der Waals surface area contributed by atoms with Gasteiger partial charge >= 0.3 is 0 Å². The SMILES string of the molecule is CC1(C)C2CCC1(C)C(c1ccc(O)c(O)c1)C2c1ccc(O)c(O)c1.Oc1ccc(C2CC3CC(c4ccc(O)c(O)c4)CC3C2)cc1O.Oc1ccc(CNCC(O)COc2ccc(O)c(O)c2)cc1O.Oc1ccc(OC2CCCC2Oc2ccc(O)c(O)c2)cc1O.Oc1ccc(OCCCOc2ccc(O)c(O)c2)cc1O.Oc1ccc(OCCOc2ccc(O)c(O)c2)cc1O.